The number of hydrogen-bond donors (Lipinski definition) is 1. The topological polar surface area (TPSA) is 35.2 Å². The third-order valence-corrected chi connectivity index (χ3v) is 2.59. The van der Waals surface area contributed by atoms with Crippen LogP contribution in [0.25, 0.3) is 0 Å². The van der Waals surface area contributed by atoms with Crippen LogP contribution in [0.4, 0.5) is 4.39 Å². The molecule has 1 aromatic rings. The summed E-state index contributed by atoms with van der Waals surface area (Å²) < 4.78 is 18.4. The van der Waals surface area contributed by atoms with Crippen LogP contribution >= 0.6 is 0 Å². The monoisotopic (exact) mass is 195 g/mol. The van der Waals surface area contributed by atoms with Crippen molar-refractivity contribution in [2.75, 3.05) is 0 Å². The molecule has 1 saturated carbocycles. The van der Waals surface area contributed by atoms with Crippen molar-refractivity contribution in [1.29, 1.82) is 0 Å². The van der Waals surface area contributed by atoms with E-state index in [1.165, 1.54) is 12.1 Å². The van der Waals surface area contributed by atoms with Gasteiger partial charge in [0.25, 0.3) is 0 Å². The molecule has 1 fully saturated rings. The predicted molar refractivity (Wildman–Crippen MR) is 52.6 cm³/mol. The second-order valence-electron chi connectivity index (χ2n) is 3.71. The van der Waals surface area contributed by atoms with Crippen LogP contribution in [0, 0.1) is 5.82 Å². The fourth-order valence-electron chi connectivity index (χ4n) is 1.82. The van der Waals surface area contributed by atoms with Gasteiger partial charge in [-0.15, -0.1) is 0 Å². The van der Waals surface area contributed by atoms with Crippen LogP contribution in [0.2, 0.25) is 0 Å². The molecule has 3 heteroatoms. The van der Waals surface area contributed by atoms with Crippen molar-refractivity contribution >= 4 is 0 Å². The molecule has 0 heterocycles. The average molecular weight is 195 g/mol. The number of nitrogens with two attached hydrogens (primary N) is 1. The lowest BCUT2D eigenvalue weighted by Crippen LogP contribution is -2.33. The second-order valence-corrected chi connectivity index (χ2v) is 3.71. The van der Waals surface area contributed by atoms with Crippen molar-refractivity contribution in [1.82, 2.24) is 0 Å². The summed E-state index contributed by atoms with van der Waals surface area (Å²) in [5.41, 5.74) is 5.85. The van der Waals surface area contributed by atoms with Crippen LogP contribution in [-0.2, 0) is 0 Å². The summed E-state index contributed by atoms with van der Waals surface area (Å²) in [7, 11) is 0. The molecular formula is C11H14FNO. The zero-order valence-corrected chi connectivity index (χ0v) is 7.95. The standard InChI is InChI=1S/C11H14FNO/c12-8-3-1-4-9(7-8)14-11-6-2-5-10(11)13/h1,3-4,7,10-11H,2,5-6,13H2. The molecule has 0 saturated heterocycles. The highest BCUT2D eigenvalue weighted by atomic mass is 19.1. The molecule has 0 aliphatic heterocycles. The smallest absolute Gasteiger partial charge is 0.126 e. The van der Waals surface area contributed by atoms with E-state index < -0.39 is 0 Å². The van der Waals surface area contributed by atoms with E-state index in [1.54, 1.807) is 12.1 Å². The van der Waals surface area contributed by atoms with Gasteiger partial charge in [0.05, 0.1) is 0 Å². The predicted octanol–water partition coefficient (Wildman–Crippen LogP) is 2.08. The Morgan fingerprint density at radius 2 is 2.21 bits per heavy atom. The maximum atomic E-state index is 12.8. The van der Waals surface area contributed by atoms with Crippen LogP contribution in [0.1, 0.15) is 19.3 Å². The van der Waals surface area contributed by atoms with Crippen molar-refractivity contribution in [2.24, 2.45) is 5.73 Å². The van der Waals surface area contributed by atoms with Crippen molar-refractivity contribution in [2.45, 2.75) is 31.4 Å². The Morgan fingerprint density at radius 3 is 2.86 bits per heavy atom. The summed E-state index contributed by atoms with van der Waals surface area (Å²) in [6.45, 7) is 0. The highest BCUT2D eigenvalue weighted by Crippen LogP contribution is 2.23. The molecule has 0 spiro atoms. The van der Waals surface area contributed by atoms with Gasteiger partial charge in [0.15, 0.2) is 0 Å². The highest BCUT2D eigenvalue weighted by Gasteiger charge is 2.25. The zero-order valence-electron chi connectivity index (χ0n) is 7.95. The lowest BCUT2D eigenvalue weighted by Gasteiger charge is -2.17. The summed E-state index contributed by atoms with van der Waals surface area (Å²) >= 11 is 0. The molecule has 2 N–H and O–H groups in total. The van der Waals surface area contributed by atoms with Gasteiger partial charge in [-0.1, -0.05) is 6.07 Å². The molecule has 1 aromatic carbocycles. The molecule has 0 radical (unpaired) electrons. The number of benzene rings is 1. The van der Waals surface area contributed by atoms with Crippen LogP contribution in [-0.4, -0.2) is 12.1 Å². The van der Waals surface area contributed by atoms with Crippen molar-refractivity contribution in [3.05, 3.63) is 30.1 Å². The van der Waals surface area contributed by atoms with E-state index in [0.29, 0.717) is 5.75 Å². The molecule has 1 aliphatic rings. The molecule has 2 nitrogen and oxygen atoms in total. The van der Waals surface area contributed by atoms with Gasteiger partial charge in [0.1, 0.15) is 17.7 Å². The van der Waals surface area contributed by atoms with E-state index in [9.17, 15) is 4.39 Å². The Bertz CT molecular complexity index is 316. The Labute approximate surface area is 82.9 Å². The first-order valence-electron chi connectivity index (χ1n) is 4.93. The number of halogens is 1. The van der Waals surface area contributed by atoms with Gasteiger partial charge in [-0.25, -0.2) is 4.39 Å². The quantitative estimate of drug-likeness (QED) is 0.784. The van der Waals surface area contributed by atoms with Crippen LogP contribution < -0.4 is 10.5 Å². The largest absolute Gasteiger partial charge is 0.489 e. The Morgan fingerprint density at radius 1 is 1.36 bits per heavy atom. The van der Waals surface area contributed by atoms with Crippen molar-refractivity contribution in [3.8, 4) is 5.75 Å². The lowest BCUT2D eigenvalue weighted by atomic mass is 10.2. The van der Waals surface area contributed by atoms with Gasteiger partial charge in [-0.3, -0.25) is 0 Å². The molecule has 0 bridgehead atoms. The molecular weight excluding hydrogens is 181 g/mol. The first-order chi connectivity index (χ1) is 6.75. The molecule has 14 heavy (non-hydrogen) atoms. The molecule has 2 atom stereocenters. The third kappa shape index (κ3) is 2.04. The lowest BCUT2D eigenvalue weighted by molar-refractivity contribution is 0.191. The molecule has 0 amide bonds. The third-order valence-electron chi connectivity index (χ3n) is 2.59. The average Bonchev–Trinajstić information content (AvgIpc) is 2.52. The first-order valence-corrected chi connectivity index (χ1v) is 4.93. The summed E-state index contributed by atoms with van der Waals surface area (Å²) in [5, 5.41) is 0. The maximum Gasteiger partial charge on any atom is 0.126 e. The van der Waals surface area contributed by atoms with Crippen LogP contribution in [0.3, 0.4) is 0 Å². The highest BCUT2D eigenvalue weighted by molar-refractivity contribution is 5.23. The minimum atomic E-state index is -0.269. The van der Waals surface area contributed by atoms with E-state index in [-0.39, 0.29) is 18.0 Å². The Balaban J connectivity index is 2.03. The van der Waals surface area contributed by atoms with Gasteiger partial charge in [-0.2, -0.15) is 0 Å². The Hall–Kier alpha value is -1.09. The van der Waals surface area contributed by atoms with Crippen molar-refractivity contribution < 1.29 is 9.13 Å². The van der Waals surface area contributed by atoms with Gasteiger partial charge in [0.2, 0.25) is 0 Å². The van der Waals surface area contributed by atoms with Gasteiger partial charge in [-0.05, 0) is 31.4 Å². The molecule has 2 rings (SSSR count). The minimum absolute atomic E-state index is 0.0526. The maximum absolute atomic E-state index is 12.8. The zero-order chi connectivity index (χ0) is 9.97. The molecule has 0 aromatic heterocycles. The first kappa shape index (κ1) is 9.46. The molecule has 76 valence electrons. The van der Waals surface area contributed by atoms with Crippen LogP contribution in [0.5, 0.6) is 5.75 Å². The van der Waals surface area contributed by atoms with E-state index in [2.05, 4.69) is 0 Å². The molecule has 1 aliphatic carbocycles. The van der Waals surface area contributed by atoms with Gasteiger partial charge < -0.3 is 10.5 Å². The van der Waals surface area contributed by atoms with E-state index in [0.717, 1.165) is 19.3 Å². The number of rotatable bonds is 2. The minimum Gasteiger partial charge on any atom is -0.489 e. The van der Waals surface area contributed by atoms with Crippen molar-refractivity contribution in [3.63, 3.8) is 0 Å². The normalized spacial score (nSPS) is 26.4. The summed E-state index contributed by atoms with van der Waals surface area (Å²) in [6, 6.07) is 6.30. The molecule has 2 unspecified atom stereocenters. The number of ether oxygens (including phenoxy) is 1. The second kappa shape index (κ2) is 3.96. The number of hydrogen-bond acceptors (Lipinski definition) is 2. The van der Waals surface area contributed by atoms with E-state index in [1.807, 2.05) is 0 Å². The van der Waals surface area contributed by atoms with E-state index in [4.69, 9.17) is 10.5 Å². The SMILES string of the molecule is NC1CCCC1Oc1cccc(F)c1. The fourth-order valence-corrected chi connectivity index (χ4v) is 1.82. The fraction of sp³-hybridized carbons (Fsp3) is 0.455. The van der Waals surface area contributed by atoms with Gasteiger partial charge in [0, 0.05) is 12.1 Å². The summed E-state index contributed by atoms with van der Waals surface area (Å²) in [5.74, 6) is 0.307. The van der Waals surface area contributed by atoms with E-state index >= 15 is 0 Å². The summed E-state index contributed by atoms with van der Waals surface area (Å²) in [4.78, 5) is 0. The Kier molecular flexibility index (Phi) is 2.68. The summed E-state index contributed by atoms with van der Waals surface area (Å²) in [6.07, 6.45) is 3.12. The van der Waals surface area contributed by atoms with Crippen LogP contribution in [0.15, 0.2) is 24.3 Å². The van der Waals surface area contributed by atoms with Gasteiger partial charge >= 0.3 is 0 Å².